The van der Waals surface area contributed by atoms with E-state index in [1.807, 2.05) is 72.1 Å². The van der Waals surface area contributed by atoms with E-state index in [0.29, 0.717) is 24.7 Å². The Morgan fingerprint density at radius 2 is 1.88 bits per heavy atom. The molecule has 0 aliphatic heterocycles. The second kappa shape index (κ2) is 11.9. The SMILES string of the molecule is COc1cc(C)c2c(ccn2C(=O)OC(C)(C)C)c1C(c1nc2cc(C#N)ccc2n1COCC[Si](C)(C)C)N(C)C. The topological polar surface area (TPSA) is 94.5 Å². The summed E-state index contributed by atoms with van der Waals surface area (Å²) in [5, 5.41) is 10.4. The lowest BCUT2D eigenvalue weighted by Gasteiger charge is -2.28. The van der Waals surface area contributed by atoms with Gasteiger partial charge in [0.15, 0.2) is 0 Å². The maximum absolute atomic E-state index is 13.2. The van der Waals surface area contributed by atoms with Gasteiger partial charge in [0, 0.05) is 31.8 Å². The molecule has 0 saturated heterocycles. The Bertz CT molecular complexity index is 1650. The van der Waals surface area contributed by atoms with Gasteiger partial charge in [-0.25, -0.2) is 9.78 Å². The molecule has 2 aromatic heterocycles. The number of nitriles is 1. The molecule has 10 heteroatoms. The zero-order chi connectivity index (χ0) is 31.0. The van der Waals surface area contributed by atoms with Crippen LogP contribution in [0.3, 0.4) is 0 Å². The standard InChI is InChI=1S/C32H43N5O4Si/c1-21-17-26(39-7)27(23-13-14-36(28(21)23)31(38)41-32(2,3)4)29(35(5)6)30-34-24-18-22(19-33)11-12-25(24)37(30)20-40-15-16-42(8,9)10/h11-14,17-18,29H,15-16,20H2,1-10H3. The fraction of sp³-hybridized carbons (Fsp3) is 0.469. The van der Waals surface area contributed by atoms with Gasteiger partial charge in [-0.3, -0.25) is 9.47 Å². The lowest BCUT2D eigenvalue weighted by atomic mass is 9.97. The van der Waals surface area contributed by atoms with Crippen molar-refractivity contribution in [2.75, 3.05) is 27.8 Å². The molecule has 224 valence electrons. The Hall–Kier alpha value is -3.65. The highest BCUT2D eigenvalue weighted by molar-refractivity contribution is 6.76. The van der Waals surface area contributed by atoms with E-state index in [9.17, 15) is 10.1 Å². The first-order valence-corrected chi connectivity index (χ1v) is 17.9. The number of imidazole rings is 1. The molecule has 0 saturated carbocycles. The Morgan fingerprint density at radius 1 is 1.17 bits per heavy atom. The molecule has 9 nitrogen and oxygen atoms in total. The van der Waals surface area contributed by atoms with Crippen molar-refractivity contribution in [3.8, 4) is 11.8 Å². The van der Waals surface area contributed by atoms with E-state index in [2.05, 4.69) is 35.2 Å². The minimum Gasteiger partial charge on any atom is -0.496 e. The molecular weight excluding hydrogens is 546 g/mol. The van der Waals surface area contributed by atoms with Crippen LogP contribution in [0.15, 0.2) is 36.5 Å². The summed E-state index contributed by atoms with van der Waals surface area (Å²) in [6.07, 6.45) is 1.31. The normalized spacial score (nSPS) is 13.1. The van der Waals surface area contributed by atoms with Gasteiger partial charge in [-0.05, 0) is 83.7 Å². The molecule has 1 atom stereocenters. The summed E-state index contributed by atoms with van der Waals surface area (Å²) < 4.78 is 21.6. The van der Waals surface area contributed by atoms with E-state index in [1.54, 1.807) is 17.9 Å². The molecular formula is C32H43N5O4Si. The number of carbonyl (C=O) groups excluding carboxylic acids is 1. The van der Waals surface area contributed by atoms with Crippen LogP contribution < -0.4 is 4.74 Å². The van der Waals surface area contributed by atoms with Crippen LogP contribution in [-0.4, -0.2) is 66.6 Å². The highest BCUT2D eigenvalue weighted by atomic mass is 28.3. The molecule has 42 heavy (non-hydrogen) atoms. The van der Waals surface area contributed by atoms with Gasteiger partial charge in [-0.15, -0.1) is 0 Å². The number of benzene rings is 2. The van der Waals surface area contributed by atoms with Crippen molar-refractivity contribution in [2.24, 2.45) is 0 Å². The van der Waals surface area contributed by atoms with Crippen LogP contribution in [-0.2, 0) is 16.2 Å². The van der Waals surface area contributed by atoms with E-state index < -0.39 is 19.8 Å². The van der Waals surface area contributed by atoms with Gasteiger partial charge in [0.2, 0.25) is 0 Å². The third-order valence-corrected chi connectivity index (χ3v) is 8.84. The number of aryl methyl sites for hydroxylation is 1. The first kappa shape index (κ1) is 31.3. The van der Waals surface area contributed by atoms with Crippen molar-refractivity contribution in [1.82, 2.24) is 19.0 Å². The molecule has 0 bridgehead atoms. The van der Waals surface area contributed by atoms with E-state index in [1.165, 1.54) is 0 Å². The second-order valence-corrected chi connectivity index (χ2v) is 18.8. The van der Waals surface area contributed by atoms with Gasteiger partial charge in [-0.1, -0.05) is 19.6 Å². The number of hydrogen-bond acceptors (Lipinski definition) is 7. The van der Waals surface area contributed by atoms with Gasteiger partial charge < -0.3 is 18.8 Å². The average molecular weight is 590 g/mol. The van der Waals surface area contributed by atoms with Crippen LogP contribution in [0.1, 0.15) is 49.3 Å². The molecule has 0 aliphatic rings. The van der Waals surface area contributed by atoms with Crippen molar-refractivity contribution in [1.29, 1.82) is 5.26 Å². The fourth-order valence-corrected chi connectivity index (χ4v) is 5.91. The van der Waals surface area contributed by atoms with Crippen molar-refractivity contribution in [3.05, 3.63) is 59.0 Å². The van der Waals surface area contributed by atoms with Crippen molar-refractivity contribution >= 4 is 36.1 Å². The van der Waals surface area contributed by atoms with Crippen molar-refractivity contribution in [3.63, 3.8) is 0 Å². The highest BCUT2D eigenvalue weighted by Crippen LogP contribution is 2.41. The number of aromatic nitrogens is 3. The summed E-state index contributed by atoms with van der Waals surface area (Å²) in [5.74, 6) is 1.45. The third kappa shape index (κ3) is 6.54. The Morgan fingerprint density at radius 3 is 2.48 bits per heavy atom. The fourth-order valence-electron chi connectivity index (χ4n) is 5.16. The van der Waals surface area contributed by atoms with Crippen LogP contribution in [0.25, 0.3) is 21.9 Å². The zero-order valence-electron chi connectivity index (χ0n) is 26.5. The maximum Gasteiger partial charge on any atom is 0.419 e. The number of nitrogens with zero attached hydrogens (tertiary/aromatic N) is 5. The number of hydrogen-bond donors (Lipinski definition) is 0. The van der Waals surface area contributed by atoms with Crippen LogP contribution >= 0.6 is 0 Å². The number of rotatable bonds is 9. The smallest absolute Gasteiger partial charge is 0.419 e. The van der Waals surface area contributed by atoms with E-state index in [-0.39, 0.29) is 6.04 Å². The monoisotopic (exact) mass is 589 g/mol. The highest BCUT2D eigenvalue weighted by Gasteiger charge is 2.31. The summed E-state index contributed by atoms with van der Waals surface area (Å²) in [7, 11) is 4.38. The summed E-state index contributed by atoms with van der Waals surface area (Å²) in [6.45, 7) is 15.5. The number of methoxy groups -OCH3 is 1. The molecule has 4 aromatic rings. The van der Waals surface area contributed by atoms with Crippen molar-refractivity contribution < 1.29 is 19.0 Å². The predicted molar refractivity (Wildman–Crippen MR) is 169 cm³/mol. The molecule has 0 fully saturated rings. The van der Waals surface area contributed by atoms with Crippen LogP contribution in [0, 0.1) is 18.3 Å². The molecule has 2 heterocycles. The van der Waals surface area contributed by atoms with Crippen LogP contribution in [0.2, 0.25) is 25.7 Å². The Kier molecular flexibility index (Phi) is 8.88. The number of ether oxygens (including phenoxy) is 3. The molecule has 0 radical (unpaired) electrons. The van der Waals surface area contributed by atoms with E-state index >= 15 is 0 Å². The largest absolute Gasteiger partial charge is 0.496 e. The Labute approximate surface area is 249 Å². The van der Waals surface area contributed by atoms with Crippen molar-refractivity contribution in [2.45, 2.75) is 71.8 Å². The lowest BCUT2D eigenvalue weighted by molar-refractivity contribution is 0.0544. The lowest BCUT2D eigenvalue weighted by Crippen LogP contribution is -2.27. The zero-order valence-corrected chi connectivity index (χ0v) is 27.5. The van der Waals surface area contributed by atoms with Gasteiger partial charge in [-0.2, -0.15) is 5.26 Å². The summed E-state index contributed by atoms with van der Waals surface area (Å²) >= 11 is 0. The van der Waals surface area contributed by atoms with Gasteiger partial charge in [0.25, 0.3) is 0 Å². The summed E-state index contributed by atoms with van der Waals surface area (Å²) in [5.41, 5.74) is 4.05. The minimum atomic E-state index is -1.27. The second-order valence-electron chi connectivity index (χ2n) is 13.2. The van der Waals surface area contributed by atoms with E-state index in [0.717, 1.165) is 44.9 Å². The van der Waals surface area contributed by atoms with E-state index in [4.69, 9.17) is 19.2 Å². The predicted octanol–water partition coefficient (Wildman–Crippen LogP) is 6.93. The maximum atomic E-state index is 13.2. The van der Waals surface area contributed by atoms with Gasteiger partial charge in [0.05, 0.1) is 41.3 Å². The van der Waals surface area contributed by atoms with Gasteiger partial charge >= 0.3 is 6.09 Å². The van der Waals surface area contributed by atoms with Crippen LogP contribution in [0.5, 0.6) is 5.75 Å². The Balaban J connectivity index is 1.93. The first-order chi connectivity index (χ1) is 19.6. The third-order valence-electron chi connectivity index (χ3n) is 7.13. The number of fused-ring (bicyclic) bond motifs is 2. The molecule has 2 aromatic carbocycles. The molecule has 0 aliphatic carbocycles. The van der Waals surface area contributed by atoms with Crippen LogP contribution in [0.4, 0.5) is 4.79 Å². The minimum absolute atomic E-state index is 0.322. The summed E-state index contributed by atoms with van der Waals surface area (Å²) in [4.78, 5) is 20.4. The summed E-state index contributed by atoms with van der Waals surface area (Å²) in [6, 6.07) is 12.4. The quantitative estimate of drug-likeness (QED) is 0.154. The average Bonchev–Trinajstić information content (AvgIpc) is 3.48. The molecule has 4 rings (SSSR count). The molecule has 0 spiro atoms. The first-order valence-electron chi connectivity index (χ1n) is 14.2. The molecule has 1 unspecified atom stereocenters. The number of carbonyl (C=O) groups is 1. The molecule has 0 amide bonds. The van der Waals surface area contributed by atoms with Gasteiger partial charge in [0.1, 0.15) is 23.9 Å². The molecule has 0 N–H and O–H groups in total.